The zero-order chi connectivity index (χ0) is 28.6. The van der Waals surface area contributed by atoms with Crippen LogP contribution in [0.1, 0.15) is 37.0 Å². The molecule has 2 amide bonds. The minimum absolute atomic E-state index is 0.0181. The fourth-order valence-corrected chi connectivity index (χ4v) is 5.86. The molecule has 1 atom stereocenters. The zero-order valence-corrected chi connectivity index (χ0v) is 24.4. The first kappa shape index (κ1) is 30.2. The third-order valence-corrected chi connectivity index (χ3v) is 8.72. The van der Waals surface area contributed by atoms with Crippen molar-refractivity contribution >= 4 is 39.1 Å². The van der Waals surface area contributed by atoms with Crippen LogP contribution in [0.25, 0.3) is 0 Å². The number of sulfonamides is 1. The van der Waals surface area contributed by atoms with Crippen LogP contribution in [-0.4, -0.2) is 50.8 Å². The number of carbonyl (C=O) groups is 2. The van der Waals surface area contributed by atoms with Crippen LogP contribution in [0, 0.1) is 13.8 Å². The first-order chi connectivity index (χ1) is 18.6. The Kier molecular flexibility index (Phi) is 10.5. The molecule has 9 heteroatoms. The van der Waals surface area contributed by atoms with Crippen LogP contribution in [0.15, 0.2) is 77.7 Å². The second kappa shape index (κ2) is 13.6. The summed E-state index contributed by atoms with van der Waals surface area (Å²) in [5, 5.41) is 3.22. The highest BCUT2D eigenvalue weighted by Gasteiger charge is 2.33. The third-order valence-electron chi connectivity index (χ3n) is 6.68. The lowest BCUT2D eigenvalue weighted by atomic mass is 10.1. The number of anilines is 1. The minimum atomic E-state index is -4.13. The summed E-state index contributed by atoms with van der Waals surface area (Å²) in [5.41, 5.74) is 3.28. The van der Waals surface area contributed by atoms with Gasteiger partial charge in [0.25, 0.3) is 10.0 Å². The van der Waals surface area contributed by atoms with E-state index >= 15 is 0 Å². The molecule has 0 bridgehead atoms. The van der Waals surface area contributed by atoms with Crippen molar-refractivity contribution in [3.8, 4) is 0 Å². The Hall–Kier alpha value is -3.36. The van der Waals surface area contributed by atoms with Gasteiger partial charge in [-0.25, -0.2) is 8.42 Å². The average Bonchev–Trinajstić information content (AvgIpc) is 2.92. The van der Waals surface area contributed by atoms with Crippen molar-refractivity contribution in [2.45, 2.75) is 51.5 Å². The van der Waals surface area contributed by atoms with Crippen LogP contribution >= 0.6 is 11.6 Å². The SMILES string of the molecule is CCNC(=O)C(CC)N(CCc1ccccc1)C(=O)CN(c1ccc(C)c(C)c1)S(=O)(=O)c1ccc(Cl)cc1. The molecule has 208 valence electrons. The van der Waals surface area contributed by atoms with Gasteiger partial charge in [0, 0.05) is 18.1 Å². The number of nitrogens with one attached hydrogen (secondary N) is 1. The number of likely N-dealkylation sites (N-methyl/N-ethyl adjacent to an activating group) is 1. The predicted molar refractivity (Wildman–Crippen MR) is 157 cm³/mol. The summed E-state index contributed by atoms with van der Waals surface area (Å²) in [4.78, 5) is 28.5. The molecule has 1 unspecified atom stereocenters. The van der Waals surface area contributed by atoms with Gasteiger partial charge in [-0.15, -0.1) is 0 Å². The monoisotopic (exact) mass is 569 g/mol. The third kappa shape index (κ3) is 7.61. The van der Waals surface area contributed by atoms with E-state index in [-0.39, 0.29) is 17.3 Å². The lowest BCUT2D eigenvalue weighted by Crippen LogP contribution is -2.53. The number of hydrogen-bond donors (Lipinski definition) is 1. The molecule has 3 rings (SSSR count). The van der Waals surface area contributed by atoms with Gasteiger partial charge in [-0.05, 0) is 86.7 Å². The Morgan fingerprint density at radius 3 is 2.18 bits per heavy atom. The summed E-state index contributed by atoms with van der Waals surface area (Å²) in [7, 11) is -4.13. The van der Waals surface area contributed by atoms with Gasteiger partial charge in [-0.2, -0.15) is 0 Å². The summed E-state index contributed by atoms with van der Waals surface area (Å²) in [6.45, 7) is 7.72. The second-order valence-corrected chi connectivity index (χ2v) is 11.7. The van der Waals surface area contributed by atoms with Crippen LogP contribution in [0.4, 0.5) is 5.69 Å². The van der Waals surface area contributed by atoms with E-state index in [1.165, 1.54) is 29.2 Å². The summed E-state index contributed by atoms with van der Waals surface area (Å²) < 4.78 is 28.9. The highest BCUT2D eigenvalue weighted by Crippen LogP contribution is 2.27. The fraction of sp³-hybridized carbons (Fsp3) is 0.333. The molecular weight excluding hydrogens is 534 g/mol. The molecule has 7 nitrogen and oxygen atoms in total. The maximum absolute atomic E-state index is 14.0. The molecular formula is C30H36ClN3O4S. The summed E-state index contributed by atoms with van der Waals surface area (Å²) in [6.07, 6.45) is 0.913. The molecule has 39 heavy (non-hydrogen) atoms. The molecule has 0 heterocycles. The molecule has 0 fully saturated rings. The quantitative estimate of drug-likeness (QED) is 0.327. The standard InChI is InChI=1S/C30H36ClN3O4S/c1-5-28(30(36)32-6-2)33(19-18-24-10-8-7-9-11-24)29(35)21-34(26-15-12-22(3)23(4)20-26)39(37,38)27-16-13-25(31)14-17-27/h7-17,20,28H,5-6,18-19,21H2,1-4H3,(H,32,36). The number of aryl methyl sites for hydroxylation is 2. The van der Waals surface area contributed by atoms with Crippen molar-refractivity contribution in [2.24, 2.45) is 0 Å². The lowest BCUT2D eigenvalue weighted by molar-refractivity contribution is -0.139. The van der Waals surface area contributed by atoms with Crippen LogP contribution in [0.3, 0.4) is 0 Å². The molecule has 0 saturated carbocycles. The van der Waals surface area contributed by atoms with Crippen LogP contribution in [0.5, 0.6) is 0 Å². The maximum atomic E-state index is 14.0. The van der Waals surface area contributed by atoms with Gasteiger partial charge in [-0.1, -0.05) is 54.9 Å². The predicted octanol–water partition coefficient (Wildman–Crippen LogP) is 5.14. The summed E-state index contributed by atoms with van der Waals surface area (Å²) >= 11 is 6.01. The summed E-state index contributed by atoms with van der Waals surface area (Å²) in [6, 6.07) is 20.1. The van der Waals surface area contributed by atoms with Crippen molar-refractivity contribution in [3.63, 3.8) is 0 Å². The van der Waals surface area contributed by atoms with Gasteiger partial charge in [0.05, 0.1) is 10.6 Å². The zero-order valence-electron chi connectivity index (χ0n) is 22.9. The first-order valence-corrected chi connectivity index (χ1v) is 14.9. The highest BCUT2D eigenvalue weighted by atomic mass is 35.5. The van der Waals surface area contributed by atoms with E-state index in [4.69, 9.17) is 11.6 Å². The van der Waals surface area contributed by atoms with Crippen molar-refractivity contribution in [1.29, 1.82) is 0 Å². The largest absolute Gasteiger partial charge is 0.355 e. The van der Waals surface area contributed by atoms with E-state index in [1.54, 1.807) is 12.1 Å². The fourth-order valence-electron chi connectivity index (χ4n) is 4.33. The van der Waals surface area contributed by atoms with E-state index in [0.717, 1.165) is 21.0 Å². The molecule has 0 saturated heterocycles. The molecule has 3 aromatic carbocycles. The van der Waals surface area contributed by atoms with Gasteiger partial charge in [-0.3, -0.25) is 13.9 Å². The Labute approximate surface area is 236 Å². The van der Waals surface area contributed by atoms with Crippen molar-refractivity contribution in [3.05, 3.63) is 94.5 Å². The van der Waals surface area contributed by atoms with Crippen LogP contribution in [0.2, 0.25) is 5.02 Å². The number of nitrogens with zero attached hydrogens (tertiary/aromatic N) is 2. The molecule has 0 aromatic heterocycles. The molecule has 0 aliphatic rings. The molecule has 1 N–H and O–H groups in total. The topological polar surface area (TPSA) is 86.8 Å². The van der Waals surface area contributed by atoms with E-state index in [2.05, 4.69) is 5.32 Å². The van der Waals surface area contributed by atoms with Crippen molar-refractivity contribution in [1.82, 2.24) is 10.2 Å². The van der Waals surface area contributed by atoms with Gasteiger partial charge in [0.2, 0.25) is 11.8 Å². The van der Waals surface area contributed by atoms with E-state index < -0.39 is 28.5 Å². The normalized spacial score (nSPS) is 12.0. The smallest absolute Gasteiger partial charge is 0.264 e. The Bertz CT molecular complexity index is 1380. The molecule has 0 spiro atoms. The lowest BCUT2D eigenvalue weighted by Gasteiger charge is -2.33. The van der Waals surface area contributed by atoms with Gasteiger partial charge in [0.1, 0.15) is 12.6 Å². The number of benzene rings is 3. The number of hydrogen-bond acceptors (Lipinski definition) is 4. The first-order valence-electron chi connectivity index (χ1n) is 13.0. The Morgan fingerprint density at radius 1 is 0.923 bits per heavy atom. The van der Waals surface area contributed by atoms with Crippen LogP contribution < -0.4 is 9.62 Å². The highest BCUT2D eigenvalue weighted by molar-refractivity contribution is 7.92. The molecule has 3 aromatic rings. The summed E-state index contributed by atoms with van der Waals surface area (Å²) in [5.74, 6) is -0.723. The van der Waals surface area contributed by atoms with E-state index in [0.29, 0.717) is 30.1 Å². The molecule has 0 aliphatic carbocycles. The van der Waals surface area contributed by atoms with E-state index in [1.807, 2.05) is 64.1 Å². The van der Waals surface area contributed by atoms with E-state index in [9.17, 15) is 18.0 Å². The number of carbonyl (C=O) groups excluding carboxylic acids is 2. The van der Waals surface area contributed by atoms with Crippen molar-refractivity contribution in [2.75, 3.05) is 23.9 Å². The number of halogens is 1. The van der Waals surface area contributed by atoms with Crippen LogP contribution in [-0.2, 0) is 26.0 Å². The Morgan fingerprint density at radius 2 is 1.59 bits per heavy atom. The van der Waals surface area contributed by atoms with Gasteiger partial charge >= 0.3 is 0 Å². The number of rotatable bonds is 12. The minimum Gasteiger partial charge on any atom is -0.355 e. The number of amides is 2. The second-order valence-electron chi connectivity index (χ2n) is 9.38. The van der Waals surface area contributed by atoms with Gasteiger partial charge < -0.3 is 10.2 Å². The molecule has 0 aliphatic heterocycles. The Balaban J connectivity index is 2.03. The maximum Gasteiger partial charge on any atom is 0.264 e. The van der Waals surface area contributed by atoms with Gasteiger partial charge in [0.15, 0.2) is 0 Å². The van der Waals surface area contributed by atoms with Crippen molar-refractivity contribution < 1.29 is 18.0 Å². The molecule has 0 radical (unpaired) electrons. The average molecular weight is 570 g/mol.